The van der Waals surface area contributed by atoms with Crippen molar-refractivity contribution >= 4 is 16.6 Å². The van der Waals surface area contributed by atoms with Crippen molar-refractivity contribution in [3.05, 3.63) is 53.4 Å². The molecule has 6 heteroatoms. The van der Waals surface area contributed by atoms with Crippen LogP contribution < -0.4 is 4.74 Å². The van der Waals surface area contributed by atoms with Crippen LogP contribution >= 0.6 is 0 Å². The second kappa shape index (κ2) is 5.51. The molecular formula is C19H17FN4O. The second-order valence-corrected chi connectivity index (χ2v) is 6.07. The summed E-state index contributed by atoms with van der Waals surface area (Å²) in [7, 11) is 1.52. The molecule has 5 nitrogen and oxygen atoms in total. The Hall–Kier alpha value is -3.02. The van der Waals surface area contributed by atoms with E-state index in [0.29, 0.717) is 16.8 Å². The lowest BCUT2D eigenvalue weighted by molar-refractivity contribution is 0.412. The minimum absolute atomic E-state index is 0.302. The van der Waals surface area contributed by atoms with Crippen molar-refractivity contribution in [3.8, 4) is 17.1 Å². The molecule has 25 heavy (non-hydrogen) atoms. The van der Waals surface area contributed by atoms with Crippen LogP contribution in [-0.4, -0.2) is 26.5 Å². The summed E-state index contributed by atoms with van der Waals surface area (Å²) in [6, 6.07) is 5.06. The molecule has 0 amide bonds. The van der Waals surface area contributed by atoms with Crippen molar-refractivity contribution in [2.24, 2.45) is 0 Å². The number of benzene rings is 1. The molecule has 0 N–H and O–H groups in total. The fourth-order valence-electron chi connectivity index (χ4n) is 3.27. The third-order valence-electron chi connectivity index (χ3n) is 4.43. The monoisotopic (exact) mass is 336 g/mol. The largest absolute Gasteiger partial charge is 0.497 e. The second-order valence-electron chi connectivity index (χ2n) is 6.07. The normalized spacial score (nSPS) is 11.4. The van der Waals surface area contributed by atoms with Crippen LogP contribution in [0.1, 0.15) is 17.0 Å². The summed E-state index contributed by atoms with van der Waals surface area (Å²) in [5.41, 5.74) is 5.35. The van der Waals surface area contributed by atoms with E-state index in [-0.39, 0.29) is 0 Å². The van der Waals surface area contributed by atoms with Gasteiger partial charge in [0.2, 0.25) is 0 Å². The van der Waals surface area contributed by atoms with E-state index >= 15 is 0 Å². The number of aromatic nitrogens is 4. The highest BCUT2D eigenvalue weighted by molar-refractivity contribution is 5.85. The number of halogens is 1. The van der Waals surface area contributed by atoms with Crippen LogP contribution in [0, 0.1) is 26.6 Å². The van der Waals surface area contributed by atoms with Crippen molar-refractivity contribution < 1.29 is 9.13 Å². The summed E-state index contributed by atoms with van der Waals surface area (Å²) < 4.78 is 21.8. The van der Waals surface area contributed by atoms with Gasteiger partial charge in [-0.3, -0.25) is 9.38 Å². The Kier molecular flexibility index (Phi) is 3.42. The fourth-order valence-corrected chi connectivity index (χ4v) is 3.27. The summed E-state index contributed by atoms with van der Waals surface area (Å²) in [6.45, 7) is 5.79. The summed E-state index contributed by atoms with van der Waals surface area (Å²) in [6.07, 6.45) is 3.53. The predicted molar refractivity (Wildman–Crippen MR) is 94.4 cm³/mol. The van der Waals surface area contributed by atoms with Crippen LogP contribution in [0.4, 0.5) is 4.39 Å². The Balaban J connectivity index is 2.24. The summed E-state index contributed by atoms with van der Waals surface area (Å²) in [5.74, 6) is 0.777. The number of hydrogen-bond donors (Lipinski definition) is 0. The Morgan fingerprint density at radius 2 is 1.84 bits per heavy atom. The Morgan fingerprint density at radius 1 is 1.08 bits per heavy atom. The Labute approximate surface area is 144 Å². The average Bonchev–Trinajstić information content (AvgIpc) is 2.94. The molecule has 0 aliphatic rings. The third-order valence-corrected chi connectivity index (χ3v) is 4.43. The quantitative estimate of drug-likeness (QED) is 0.555. The zero-order valence-corrected chi connectivity index (χ0v) is 14.5. The maximum atomic E-state index is 14.6. The van der Waals surface area contributed by atoms with Gasteiger partial charge in [0.25, 0.3) is 0 Å². The molecule has 0 spiro atoms. The molecule has 0 bridgehead atoms. The smallest absolute Gasteiger partial charge is 0.154 e. The molecule has 0 aliphatic heterocycles. The zero-order chi connectivity index (χ0) is 17.7. The molecule has 0 radical (unpaired) electrons. The highest BCUT2D eigenvalue weighted by atomic mass is 19.1. The summed E-state index contributed by atoms with van der Waals surface area (Å²) in [4.78, 5) is 13.4. The fraction of sp³-hybridized carbons (Fsp3) is 0.211. The van der Waals surface area contributed by atoms with Crippen LogP contribution in [0.15, 0.2) is 30.6 Å². The van der Waals surface area contributed by atoms with Crippen LogP contribution in [0.25, 0.3) is 27.9 Å². The van der Waals surface area contributed by atoms with Gasteiger partial charge in [0.05, 0.1) is 29.5 Å². The minimum Gasteiger partial charge on any atom is -0.497 e. The highest BCUT2D eigenvalue weighted by Gasteiger charge is 2.19. The van der Waals surface area contributed by atoms with Crippen LogP contribution in [0.2, 0.25) is 0 Å². The van der Waals surface area contributed by atoms with E-state index in [9.17, 15) is 4.39 Å². The van der Waals surface area contributed by atoms with Crippen molar-refractivity contribution in [1.82, 2.24) is 19.4 Å². The molecule has 0 saturated carbocycles. The summed E-state index contributed by atoms with van der Waals surface area (Å²) in [5, 5.41) is 0. The highest BCUT2D eigenvalue weighted by Crippen LogP contribution is 2.32. The van der Waals surface area contributed by atoms with E-state index < -0.39 is 5.82 Å². The van der Waals surface area contributed by atoms with Crippen molar-refractivity contribution in [1.29, 1.82) is 0 Å². The zero-order valence-electron chi connectivity index (χ0n) is 14.5. The van der Waals surface area contributed by atoms with Gasteiger partial charge in [0.1, 0.15) is 17.1 Å². The number of hydrogen-bond acceptors (Lipinski definition) is 4. The number of ether oxygens (including phenoxy) is 1. The first-order chi connectivity index (χ1) is 12.0. The van der Waals surface area contributed by atoms with Gasteiger partial charge in [-0.25, -0.2) is 14.4 Å². The molecule has 4 rings (SSSR count). The van der Waals surface area contributed by atoms with Gasteiger partial charge in [-0.2, -0.15) is 0 Å². The van der Waals surface area contributed by atoms with Crippen molar-refractivity contribution in [2.75, 3.05) is 7.11 Å². The van der Waals surface area contributed by atoms with E-state index in [1.54, 1.807) is 18.5 Å². The number of nitrogens with zero attached hydrogens (tertiary/aromatic N) is 4. The predicted octanol–water partition coefficient (Wildman–Crippen LogP) is 4.02. The molecule has 0 saturated heterocycles. The first kappa shape index (κ1) is 15.5. The average molecular weight is 336 g/mol. The first-order valence-corrected chi connectivity index (χ1v) is 7.95. The number of pyridine rings is 1. The maximum absolute atomic E-state index is 14.6. The van der Waals surface area contributed by atoms with Crippen molar-refractivity contribution in [3.63, 3.8) is 0 Å². The van der Waals surface area contributed by atoms with Gasteiger partial charge in [0, 0.05) is 30.1 Å². The molecule has 0 unspecified atom stereocenters. The molecule has 3 aromatic heterocycles. The van der Waals surface area contributed by atoms with E-state index in [4.69, 9.17) is 9.72 Å². The number of methoxy groups -OCH3 is 1. The van der Waals surface area contributed by atoms with Gasteiger partial charge in [-0.05, 0) is 32.4 Å². The number of imidazole rings is 1. The van der Waals surface area contributed by atoms with Crippen LogP contribution in [0.3, 0.4) is 0 Å². The van der Waals surface area contributed by atoms with E-state index in [1.165, 1.54) is 13.2 Å². The molecule has 0 aliphatic carbocycles. The van der Waals surface area contributed by atoms with Gasteiger partial charge < -0.3 is 4.74 Å². The van der Waals surface area contributed by atoms with E-state index in [0.717, 1.165) is 33.9 Å². The number of rotatable bonds is 2. The minimum atomic E-state index is -0.414. The summed E-state index contributed by atoms with van der Waals surface area (Å²) >= 11 is 0. The van der Waals surface area contributed by atoms with Gasteiger partial charge in [-0.15, -0.1) is 0 Å². The number of fused-ring (bicyclic) bond motifs is 3. The number of aryl methyl sites for hydroxylation is 3. The van der Waals surface area contributed by atoms with Gasteiger partial charge in [-0.1, -0.05) is 0 Å². The molecule has 0 atom stereocenters. The molecule has 4 aromatic rings. The van der Waals surface area contributed by atoms with E-state index in [1.807, 2.05) is 31.2 Å². The van der Waals surface area contributed by atoms with E-state index in [2.05, 4.69) is 9.97 Å². The lowest BCUT2D eigenvalue weighted by Gasteiger charge is -2.11. The molecular weight excluding hydrogens is 319 g/mol. The Bertz CT molecular complexity index is 1130. The lowest BCUT2D eigenvalue weighted by atomic mass is 10.1. The van der Waals surface area contributed by atoms with Gasteiger partial charge in [0.15, 0.2) is 5.82 Å². The topological polar surface area (TPSA) is 52.3 Å². The maximum Gasteiger partial charge on any atom is 0.154 e. The molecule has 0 fully saturated rings. The van der Waals surface area contributed by atoms with Crippen molar-refractivity contribution in [2.45, 2.75) is 20.8 Å². The van der Waals surface area contributed by atoms with Gasteiger partial charge >= 0.3 is 0 Å². The van der Waals surface area contributed by atoms with Crippen LogP contribution in [0.5, 0.6) is 5.75 Å². The third kappa shape index (κ3) is 2.25. The standard InChI is InChI=1S/C19H17FN4O/c1-10-9-21-6-5-14(10)19-23-12(3)18-11(2)22-17-15(20)7-13(25-4)8-16(17)24(18)19/h5-9H,1-4H3. The lowest BCUT2D eigenvalue weighted by Crippen LogP contribution is -2.01. The molecule has 1 aromatic carbocycles. The SMILES string of the molecule is COc1cc(F)c2nc(C)c3c(C)nc(-c4ccncc4C)n3c2c1. The molecule has 126 valence electrons. The first-order valence-electron chi connectivity index (χ1n) is 7.95. The molecule has 3 heterocycles. The van der Waals surface area contributed by atoms with Crippen LogP contribution in [-0.2, 0) is 0 Å². The Morgan fingerprint density at radius 3 is 2.56 bits per heavy atom.